The Bertz CT molecular complexity index is 827. The number of halogens is 2. The van der Waals surface area contributed by atoms with E-state index in [4.69, 9.17) is 16.3 Å². The summed E-state index contributed by atoms with van der Waals surface area (Å²) in [6.07, 6.45) is 0. The Morgan fingerprint density at radius 2 is 1.87 bits per heavy atom. The van der Waals surface area contributed by atoms with Crippen molar-refractivity contribution >= 4 is 51.4 Å². The Hall–Kier alpha value is -0.620. The van der Waals surface area contributed by atoms with Gasteiger partial charge in [-0.15, -0.1) is 24.0 Å². The van der Waals surface area contributed by atoms with Gasteiger partial charge in [0.25, 0.3) is 0 Å². The third kappa shape index (κ3) is 5.99. The van der Waals surface area contributed by atoms with Gasteiger partial charge in [-0.05, 0) is 31.5 Å². The molecule has 0 radical (unpaired) electrons. The van der Waals surface area contributed by atoms with Crippen LogP contribution in [0.15, 0.2) is 29.3 Å². The van der Waals surface area contributed by atoms with E-state index in [1.807, 2.05) is 17.0 Å². The highest BCUT2D eigenvalue weighted by atomic mass is 127. The predicted molar refractivity (Wildman–Crippen MR) is 133 cm³/mol. The lowest BCUT2D eigenvalue weighted by Gasteiger charge is -2.40. The molecule has 2 aliphatic heterocycles. The first-order valence-electron chi connectivity index (χ1n) is 9.99. The summed E-state index contributed by atoms with van der Waals surface area (Å²) in [7, 11) is -1.35. The van der Waals surface area contributed by atoms with E-state index < -0.39 is 14.6 Å². The van der Waals surface area contributed by atoms with Gasteiger partial charge in [-0.3, -0.25) is 9.89 Å². The summed E-state index contributed by atoms with van der Waals surface area (Å²) >= 11 is 6.08. The monoisotopic (exact) mass is 570 g/mol. The van der Waals surface area contributed by atoms with Gasteiger partial charge in [0, 0.05) is 44.8 Å². The molecule has 1 N–H and O–H groups in total. The number of aliphatic imine (C=N–C) groups is 1. The Kier molecular flexibility index (Phi) is 9.23. The number of sulfone groups is 1. The maximum absolute atomic E-state index is 12.3. The number of hydrogen-bond donors (Lipinski definition) is 1. The molecule has 1 aromatic rings. The minimum Gasteiger partial charge on any atom is -0.379 e. The molecule has 1 unspecified atom stereocenters. The molecule has 3 rings (SSSR count). The zero-order valence-electron chi connectivity index (χ0n) is 17.8. The molecular formula is C20H32ClIN4O3S. The molecule has 1 aromatic carbocycles. The van der Waals surface area contributed by atoms with E-state index in [1.54, 1.807) is 20.9 Å². The predicted octanol–water partition coefficient (Wildman–Crippen LogP) is 2.42. The van der Waals surface area contributed by atoms with E-state index in [9.17, 15) is 8.42 Å². The normalized spacial score (nSPS) is 22.8. The van der Waals surface area contributed by atoms with Crippen LogP contribution in [0.1, 0.15) is 25.5 Å². The van der Waals surface area contributed by atoms with Crippen molar-refractivity contribution in [3.8, 4) is 0 Å². The fourth-order valence-corrected chi connectivity index (χ4v) is 5.37. The number of morpholine rings is 1. The molecule has 0 saturated carbocycles. The first-order valence-corrected chi connectivity index (χ1v) is 12.0. The van der Waals surface area contributed by atoms with Crippen molar-refractivity contribution in [1.29, 1.82) is 0 Å². The summed E-state index contributed by atoms with van der Waals surface area (Å²) in [5.74, 6) is 0.880. The summed E-state index contributed by atoms with van der Waals surface area (Å²) in [5.41, 5.74) is 1.18. The molecule has 10 heteroatoms. The second-order valence-electron chi connectivity index (χ2n) is 8.14. The third-order valence-electron chi connectivity index (χ3n) is 5.75. The van der Waals surface area contributed by atoms with Crippen LogP contribution in [0.25, 0.3) is 0 Å². The van der Waals surface area contributed by atoms with Crippen LogP contribution in [-0.2, 0) is 14.6 Å². The molecule has 30 heavy (non-hydrogen) atoms. The number of ether oxygens (including phenoxy) is 1. The fraction of sp³-hybridized carbons (Fsp3) is 0.650. The van der Waals surface area contributed by atoms with Crippen molar-refractivity contribution < 1.29 is 13.2 Å². The highest BCUT2D eigenvalue weighted by Gasteiger charge is 2.41. The molecule has 0 spiro atoms. The zero-order valence-corrected chi connectivity index (χ0v) is 21.7. The van der Waals surface area contributed by atoms with Gasteiger partial charge in [0.1, 0.15) is 0 Å². The van der Waals surface area contributed by atoms with Crippen molar-refractivity contribution in [1.82, 2.24) is 15.1 Å². The van der Waals surface area contributed by atoms with Gasteiger partial charge < -0.3 is 15.0 Å². The first kappa shape index (κ1) is 25.6. The molecule has 0 aromatic heterocycles. The van der Waals surface area contributed by atoms with Gasteiger partial charge in [-0.1, -0.05) is 23.7 Å². The van der Waals surface area contributed by atoms with Crippen molar-refractivity contribution in [3.05, 3.63) is 34.9 Å². The second-order valence-corrected chi connectivity index (χ2v) is 11.3. The van der Waals surface area contributed by atoms with E-state index in [0.717, 1.165) is 37.3 Å². The van der Waals surface area contributed by atoms with Gasteiger partial charge in [0.05, 0.1) is 29.8 Å². The van der Waals surface area contributed by atoms with Crippen molar-refractivity contribution in [2.24, 2.45) is 4.99 Å². The van der Waals surface area contributed by atoms with Crippen molar-refractivity contribution in [2.45, 2.75) is 24.6 Å². The molecule has 2 saturated heterocycles. The summed E-state index contributed by atoms with van der Waals surface area (Å²) in [6, 6.07) is 8.09. The topological polar surface area (TPSA) is 74.2 Å². The van der Waals surface area contributed by atoms with E-state index >= 15 is 0 Å². The molecule has 2 heterocycles. The number of benzene rings is 1. The van der Waals surface area contributed by atoms with Crippen molar-refractivity contribution in [3.63, 3.8) is 0 Å². The minimum atomic E-state index is -3.09. The van der Waals surface area contributed by atoms with Crippen LogP contribution >= 0.6 is 35.6 Å². The lowest BCUT2D eigenvalue weighted by atomic mass is 10.0. The third-order valence-corrected chi connectivity index (χ3v) is 8.53. The molecule has 2 fully saturated rings. The Morgan fingerprint density at radius 1 is 1.23 bits per heavy atom. The molecule has 2 aliphatic rings. The number of guanidine groups is 1. The van der Waals surface area contributed by atoms with Gasteiger partial charge in [-0.2, -0.15) is 0 Å². The van der Waals surface area contributed by atoms with Crippen LogP contribution in [0.4, 0.5) is 0 Å². The van der Waals surface area contributed by atoms with Crippen LogP contribution in [-0.4, -0.2) is 87.7 Å². The quantitative estimate of drug-likeness (QED) is 0.341. The number of nitrogens with one attached hydrogen (secondary N) is 1. The molecule has 0 amide bonds. The number of hydrogen-bond acceptors (Lipinski definition) is 5. The van der Waals surface area contributed by atoms with Crippen LogP contribution in [0, 0.1) is 0 Å². The summed E-state index contributed by atoms with van der Waals surface area (Å²) in [4.78, 5) is 8.86. The van der Waals surface area contributed by atoms with Gasteiger partial charge >= 0.3 is 0 Å². The SMILES string of the molecule is CN=C(NCC(c1ccc(Cl)cc1)N1CCOCC1)N1CCS(=O)(=O)C(C)(C)C1.I. The van der Waals surface area contributed by atoms with E-state index in [0.29, 0.717) is 19.6 Å². The van der Waals surface area contributed by atoms with Gasteiger partial charge in [0.2, 0.25) is 0 Å². The minimum absolute atomic E-state index is 0. The molecule has 1 atom stereocenters. The largest absolute Gasteiger partial charge is 0.379 e. The molecule has 170 valence electrons. The first-order chi connectivity index (χ1) is 13.7. The van der Waals surface area contributed by atoms with E-state index in [1.165, 1.54) is 5.56 Å². The van der Waals surface area contributed by atoms with E-state index in [2.05, 4.69) is 27.3 Å². The fourth-order valence-electron chi connectivity index (χ4n) is 3.88. The summed E-state index contributed by atoms with van der Waals surface area (Å²) in [6.45, 7) is 8.28. The van der Waals surface area contributed by atoms with E-state index in [-0.39, 0.29) is 35.8 Å². The molecule has 0 bridgehead atoms. The summed E-state index contributed by atoms with van der Waals surface area (Å²) < 4.78 is 29.4. The lowest BCUT2D eigenvalue weighted by molar-refractivity contribution is 0.0169. The van der Waals surface area contributed by atoms with Crippen LogP contribution in [0.2, 0.25) is 5.02 Å². The Labute approximate surface area is 202 Å². The molecule has 0 aliphatic carbocycles. The second kappa shape index (κ2) is 10.8. The van der Waals surface area contributed by atoms with Gasteiger partial charge in [0.15, 0.2) is 15.8 Å². The smallest absolute Gasteiger partial charge is 0.193 e. The molecular weight excluding hydrogens is 539 g/mol. The van der Waals surface area contributed by atoms with Crippen LogP contribution < -0.4 is 5.32 Å². The van der Waals surface area contributed by atoms with Crippen LogP contribution in [0.5, 0.6) is 0 Å². The maximum Gasteiger partial charge on any atom is 0.193 e. The van der Waals surface area contributed by atoms with Crippen LogP contribution in [0.3, 0.4) is 0 Å². The Morgan fingerprint density at radius 3 is 2.43 bits per heavy atom. The number of rotatable bonds is 4. The van der Waals surface area contributed by atoms with Crippen molar-refractivity contribution in [2.75, 3.05) is 58.7 Å². The highest BCUT2D eigenvalue weighted by molar-refractivity contribution is 14.0. The average Bonchev–Trinajstić information content (AvgIpc) is 2.69. The molecule has 7 nitrogen and oxygen atoms in total. The summed E-state index contributed by atoms with van der Waals surface area (Å²) in [5, 5.41) is 4.20. The Balaban J connectivity index is 0.00000320. The average molecular weight is 571 g/mol. The zero-order chi connectivity index (χ0) is 21.1. The lowest BCUT2D eigenvalue weighted by Crippen LogP contribution is -2.58. The van der Waals surface area contributed by atoms with Gasteiger partial charge in [-0.25, -0.2) is 8.42 Å². The standard InChI is InChI=1S/C20H31ClN4O3S.HI/c1-20(2)15-25(10-13-29(20,26)27)19(22-3)23-14-18(24-8-11-28-12-9-24)16-4-6-17(21)7-5-16;/h4-7,18H,8-15H2,1-3H3,(H,22,23);1H. The highest BCUT2D eigenvalue weighted by Crippen LogP contribution is 2.25. The maximum atomic E-state index is 12.3. The number of nitrogens with zero attached hydrogens (tertiary/aromatic N) is 3.